The number of aromatic hydroxyl groups is 1. The highest BCUT2D eigenvalue weighted by Gasteiger charge is 2.21. The summed E-state index contributed by atoms with van der Waals surface area (Å²) in [4.78, 5) is 9.01. The molecular weight excluding hydrogens is 372 g/mol. The van der Waals surface area contributed by atoms with Crippen molar-refractivity contribution in [2.24, 2.45) is 4.99 Å². The van der Waals surface area contributed by atoms with Crippen LogP contribution in [0.25, 0.3) is 23.1 Å². The van der Waals surface area contributed by atoms with E-state index in [1.54, 1.807) is 18.2 Å². The average Bonchev–Trinajstić information content (AvgIpc) is 3.26. The van der Waals surface area contributed by atoms with Crippen LogP contribution in [0.4, 0.5) is 5.69 Å². The standard InChI is InChI=1S/C22H20N2O5/c1-12-15(14-7-5-6-8-16(14)23-12)11-17-22(25)29-21(24-17)13-9-18(26-2)20(28-4)19(10-13)27-3/h5-11,25H,1-4H3/b15-11+. The van der Waals surface area contributed by atoms with Crippen LogP contribution in [0.15, 0.2) is 45.8 Å². The number of oxazole rings is 1. The van der Waals surface area contributed by atoms with Crippen LogP contribution in [-0.2, 0) is 0 Å². The summed E-state index contributed by atoms with van der Waals surface area (Å²) in [6, 6.07) is 11.2. The Morgan fingerprint density at radius 2 is 1.69 bits per heavy atom. The minimum Gasteiger partial charge on any atom is -0.493 e. The van der Waals surface area contributed by atoms with Crippen LogP contribution in [0.1, 0.15) is 18.2 Å². The number of hydrogen-bond donors (Lipinski definition) is 1. The van der Waals surface area contributed by atoms with Gasteiger partial charge in [0.15, 0.2) is 11.5 Å². The molecule has 2 aromatic carbocycles. The van der Waals surface area contributed by atoms with Gasteiger partial charge in [0, 0.05) is 22.4 Å². The Kier molecular flexibility index (Phi) is 4.72. The fourth-order valence-corrected chi connectivity index (χ4v) is 3.30. The van der Waals surface area contributed by atoms with E-state index < -0.39 is 0 Å². The van der Waals surface area contributed by atoms with Gasteiger partial charge in [-0.1, -0.05) is 18.2 Å². The second-order valence-electron chi connectivity index (χ2n) is 6.40. The molecule has 7 heteroatoms. The molecule has 0 fully saturated rings. The van der Waals surface area contributed by atoms with Crippen molar-refractivity contribution in [2.45, 2.75) is 6.92 Å². The fraction of sp³-hybridized carbons (Fsp3) is 0.182. The molecule has 0 bridgehead atoms. The summed E-state index contributed by atoms with van der Waals surface area (Å²) in [5.74, 6) is 1.35. The van der Waals surface area contributed by atoms with Crippen molar-refractivity contribution >= 4 is 23.0 Å². The van der Waals surface area contributed by atoms with Gasteiger partial charge in [0.2, 0.25) is 11.6 Å². The van der Waals surface area contributed by atoms with E-state index in [1.165, 1.54) is 21.3 Å². The third-order valence-corrected chi connectivity index (χ3v) is 4.70. The third kappa shape index (κ3) is 3.20. The Labute approximate surface area is 167 Å². The largest absolute Gasteiger partial charge is 0.493 e. The van der Waals surface area contributed by atoms with E-state index in [0.717, 1.165) is 22.5 Å². The Hall–Kier alpha value is -3.74. The van der Waals surface area contributed by atoms with Crippen LogP contribution in [0.5, 0.6) is 23.2 Å². The van der Waals surface area contributed by atoms with Gasteiger partial charge in [0.1, 0.15) is 5.69 Å². The van der Waals surface area contributed by atoms with Crippen LogP contribution < -0.4 is 14.2 Å². The summed E-state index contributed by atoms with van der Waals surface area (Å²) in [7, 11) is 4.60. The summed E-state index contributed by atoms with van der Waals surface area (Å²) in [6.45, 7) is 1.92. The van der Waals surface area contributed by atoms with Crippen LogP contribution >= 0.6 is 0 Å². The predicted molar refractivity (Wildman–Crippen MR) is 110 cm³/mol. The summed E-state index contributed by atoms with van der Waals surface area (Å²) in [5, 5.41) is 10.3. The molecule has 0 aliphatic carbocycles. The number of methoxy groups -OCH3 is 3. The zero-order chi connectivity index (χ0) is 20.5. The van der Waals surface area contributed by atoms with Gasteiger partial charge in [-0.2, -0.15) is 0 Å². The first-order valence-electron chi connectivity index (χ1n) is 8.92. The van der Waals surface area contributed by atoms with Crippen molar-refractivity contribution < 1.29 is 23.7 Å². The number of ether oxygens (including phenoxy) is 3. The number of aliphatic imine (C=N–C) groups is 1. The second kappa shape index (κ2) is 7.35. The third-order valence-electron chi connectivity index (χ3n) is 4.70. The van der Waals surface area contributed by atoms with Crippen LogP contribution in [-0.4, -0.2) is 37.1 Å². The first-order valence-corrected chi connectivity index (χ1v) is 8.92. The van der Waals surface area contributed by atoms with Crippen molar-refractivity contribution in [3.05, 3.63) is 47.7 Å². The number of hydrogen-bond acceptors (Lipinski definition) is 7. The molecule has 3 aromatic rings. The topological polar surface area (TPSA) is 86.3 Å². The molecule has 0 saturated heterocycles. The van der Waals surface area contributed by atoms with Crippen LogP contribution in [0, 0.1) is 0 Å². The monoisotopic (exact) mass is 392 g/mol. The molecule has 1 N–H and O–H groups in total. The SMILES string of the molecule is COc1cc(-c2nc(/C=C3\C(C)=Nc4ccccc43)c(O)o2)cc(OC)c1OC. The van der Waals surface area contributed by atoms with Crippen LogP contribution in [0.2, 0.25) is 0 Å². The van der Waals surface area contributed by atoms with Crippen molar-refractivity contribution in [1.82, 2.24) is 4.98 Å². The minimum absolute atomic E-state index is 0.231. The molecule has 1 aliphatic heterocycles. The summed E-state index contributed by atoms with van der Waals surface area (Å²) >= 11 is 0. The lowest BCUT2D eigenvalue weighted by molar-refractivity contribution is 0.323. The van der Waals surface area contributed by atoms with E-state index in [1.807, 2.05) is 31.2 Å². The lowest BCUT2D eigenvalue weighted by Crippen LogP contribution is -1.95. The molecule has 1 aromatic heterocycles. The minimum atomic E-state index is -0.279. The normalized spacial score (nSPS) is 13.9. The van der Waals surface area contributed by atoms with Gasteiger partial charge >= 0.3 is 5.95 Å². The maximum absolute atomic E-state index is 10.3. The molecular formula is C22H20N2O5. The van der Waals surface area contributed by atoms with Gasteiger partial charge in [-0.05, 0) is 31.2 Å². The molecule has 0 spiro atoms. The van der Waals surface area contributed by atoms with Crippen LogP contribution in [0.3, 0.4) is 0 Å². The van der Waals surface area contributed by atoms with Gasteiger partial charge in [0.25, 0.3) is 0 Å². The molecule has 2 heterocycles. The maximum Gasteiger partial charge on any atom is 0.310 e. The van der Waals surface area contributed by atoms with Gasteiger partial charge in [0.05, 0.1) is 27.0 Å². The summed E-state index contributed by atoms with van der Waals surface area (Å²) in [6.07, 6.45) is 1.77. The lowest BCUT2D eigenvalue weighted by atomic mass is 10.0. The van der Waals surface area contributed by atoms with E-state index >= 15 is 0 Å². The Balaban J connectivity index is 1.78. The van der Waals surface area contributed by atoms with E-state index in [2.05, 4.69) is 9.98 Å². The highest BCUT2D eigenvalue weighted by molar-refractivity contribution is 6.31. The van der Waals surface area contributed by atoms with E-state index in [-0.39, 0.29) is 11.8 Å². The molecule has 7 nitrogen and oxygen atoms in total. The van der Waals surface area contributed by atoms with E-state index in [0.29, 0.717) is 28.5 Å². The number of rotatable bonds is 5. The van der Waals surface area contributed by atoms with Crippen molar-refractivity contribution in [3.63, 3.8) is 0 Å². The zero-order valence-corrected chi connectivity index (χ0v) is 16.5. The average molecular weight is 392 g/mol. The molecule has 29 heavy (non-hydrogen) atoms. The fourth-order valence-electron chi connectivity index (χ4n) is 3.30. The van der Waals surface area contributed by atoms with Gasteiger partial charge in [-0.15, -0.1) is 0 Å². The number of fused-ring (bicyclic) bond motifs is 1. The predicted octanol–water partition coefficient (Wildman–Crippen LogP) is 4.72. The van der Waals surface area contributed by atoms with Crippen molar-refractivity contribution in [2.75, 3.05) is 21.3 Å². The lowest BCUT2D eigenvalue weighted by Gasteiger charge is -2.12. The Morgan fingerprint density at radius 1 is 1.00 bits per heavy atom. The summed E-state index contributed by atoms with van der Waals surface area (Å²) < 4.78 is 21.6. The zero-order valence-electron chi connectivity index (χ0n) is 16.5. The first kappa shape index (κ1) is 18.6. The number of para-hydroxylation sites is 1. The molecule has 0 saturated carbocycles. The van der Waals surface area contributed by atoms with E-state index in [9.17, 15) is 5.11 Å². The number of allylic oxidation sites excluding steroid dienone is 1. The smallest absolute Gasteiger partial charge is 0.310 e. The number of benzene rings is 2. The second-order valence-corrected chi connectivity index (χ2v) is 6.40. The van der Waals surface area contributed by atoms with Gasteiger partial charge in [-0.3, -0.25) is 4.99 Å². The molecule has 0 amide bonds. The van der Waals surface area contributed by atoms with Crippen molar-refractivity contribution in [1.29, 1.82) is 0 Å². The number of nitrogens with zero attached hydrogens (tertiary/aromatic N) is 2. The molecule has 0 atom stereocenters. The Bertz CT molecular complexity index is 1120. The highest BCUT2D eigenvalue weighted by atomic mass is 16.5. The molecule has 0 radical (unpaired) electrons. The molecule has 1 aliphatic rings. The number of aromatic nitrogens is 1. The highest BCUT2D eigenvalue weighted by Crippen LogP contribution is 2.42. The molecule has 148 valence electrons. The van der Waals surface area contributed by atoms with Gasteiger partial charge < -0.3 is 23.7 Å². The summed E-state index contributed by atoms with van der Waals surface area (Å²) in [5.41, 5.74) is 4.51. The quantitative estimate of drug-likeness (QED) is 0.676. The maximum atomic E-state index is 10.3. The van der Waals surface area contributed by atoms with E-state index in [4.69, 9.17) is 18.6 Å². The molecule has 0 unspecified atom stereocenters. The molecule has 4 rings (SSSR count). The Morgan fingerprint density at radius 3 is 2.34 bits per heavy atom. The van der Waals surface area contributed by atoms with Crippen molar-refractivity contribution in [3.8, 4) is 34.6 Å². The van der Waals surface area contributed by atoms with Gasteiger partial charge in [-0.25, -0.2) is 4.98 Å². The first-order chi connectivity index (χ1) is 14.0.